The number of hydrogen-bond donors (Lipinski definition) is 1. The summed E-state index contributed by atoms with van der Waals surface area (Å²) in [5.41, 5.74) is 0.670. The van der Waals surface area contributed by atoms with Crippen LogP contribution in [0.15, 0.2) is 34.8 Å². The van der Waals surface area contributed by atoms with Crippen LogP contribution in [-0.2, 0) is 0 Å². The van der Waals surface area contributed by atoms with E-state index in [2.05, 4.69) is 15.9 Å². The van der Waals surface area contributed by atoms with E-state index >= 15 is 0 Å². The molecule has 0 aromatic heterocycles. The third-order valence-corrected chi connectivity index (χ3v) is 3.84. The van der Waals surface area contributed by atoms with Crippen molar-refractivity contribution in [3.8, 4) is 11.5 Å². The van der Waals surface area contributed by atoms with Gasteiger partial charge in [-0.3, -0.25) is 0 Å². The Labute approximate surface area is 134 Å². The minimum Gasteiger partial charge on any atom is -0.455 e. The molecule has 0 radical (unpaired) electrons. The molecule has 0 amide bonds. The molecule has 2 rings (SSSR count). The molecule has 1 N–H and O–H groups in total. The van der Waals surface area contributed by atoms with E-state index in [-0.39, 0.29) is 10.8 Å². The highest BCUT2D eigenvalue weighted by Gasteiger charge is 2.12. The molecule has 106 valence electrons. The van der Waals surface area contributed by atoms with Crippen molar-refractivity contribution in [2.24, 2.45) is 0 Å². The Kier molecular flexibility index (Phi) is 4.91. The summed E-state index contributed by atoms with van der Waals surface area (Å²) in [5.74, 6) is 0.0404. The zero-order valence-corrected chi connectivity index (χ0v) is 13.4. The summed E-state index contributed by atoms with van der Waals surface area (Å²) >= 11 is 15.0. The number of hydrogen-bond acceptors (Lipinski definition) is 2. The molecule has 0 fully saturated rings. The molecule has 0 unspecified atom stereocenters. The van der Waals surface area contributed by atoms with Crippen LogP contribution in [0.5, 0.6) is 11.5 Å². The summed E-state index contributed by atoms with van der Waals surface area (Å²) in [6.45, 7) is 1.64. The van der Waals surface area contributed by atoms with Crippen LogP contribution in [0, 0.1) is 5.82 Å². The lowest BCUT2D eigenvalue weighted by Gasteiger charge is -2.12. The van der Waals surface area contributed by atoms with E-state index in [1.54, 1.807) is 25.1 Å². The van der Waals surface area contributed by atoms with E-state index < -0.39 is 11.9 Å². The lowest BCUT2D eigenvalue weighted by molar-refractivity contribution is 0.199. The largest absolute Gasteiger partial charge is 0.455 e. The predicted molar refractivity (Wildman–Crippen MR) is 81.3 cm³/mol. The van der Waals surface area contributed by atoms with E-state index in [1.807, 2.05) is 0 Å². The number of ether oxygens (including phenoxy) is 1. The molecule has 0 saturated carbocycles. The van der Waals surface area contributed by atoms with Crippen LogP contribution in [0.1, 0.15) is 18.6 Å². The molecule has 1 atom stereocenters. The molecular formula is C14H10BrCl2FO2. The molecule has 0 heterocycles. The molecule has 20 heavy (non-hydrogen) atoms. The SMILES string of the molecule is C[C@@H](O)c1ccc(Oc2cc(F)c(Cl)cc2Br)c(Cl)c1. The van der Waals surface area contributed by atoms with Gasteiger partial charge in [-0.05, 0) is 46.6 Å². The smallest absolute Gasteiger partial charge is 0.146 e. The fourth-order valence-electron chi connectivity index (χ4n) is 1.56. The minimum absolute atomic E-state index is 0.000208. The molecule has 2 nitrogen and oxygen atoms in total. The zero-order valence-electron chi connectivity index (χ0n) is 10.3. The molecule has 0 aliphatic carbocycles. The van der Waals surface area contributed by atoms with Gasteiger partial charge in [0, 0.05) is 6.07 Å². The number of aliphatic hydroxyl groups is 1. The Bertz CT molecular complexity index is 647. The summed E-state index contributed by atoms with van der Waals surface area (Å²) in [4.78, 5) is 0. The van der Waals surface area contributed by atoms with Crippen LogP contribution < -0.4 is 4.74 Å². The first-order chi connectivity index (χ1) is 9.38. The van der Waals surface area contributed by atoms with Gasteiger partial charge in [0.15, 0.2) is 0 Å². The van der Waals surface area contributed by atoms with Gasteiger partial charge in [0.2, 0.25) is 0 Å². The molecule has 6 heteroatoms. The van der Waals surface area contributed by atoms with Crippen molar-refractivity contribution >= 4 is 39.1 Å². The van der Waals surface area contributed by atoms with Gasteiger partial charge in [0.25, 0.3) is 0 Å². The molecule has 0 aliphatic heterocycles. The van der Waals surface area contributed by atoms with Crippen LogP contribution in [0.25, 0.3) is 0 Å². The highest BCUT2D eigenvalue weighted by atomic mass is 79.9. The lowest BCUT2D eigenvalue weighted by atomic mass is 10.1. The van der Waals surface area contributed by atoms with Gasteiger partial charge in [-0.2, -0.15) is 0 Å². The summed E-state index contributed by atoms with van der Waals surface area (Å²) < 4.78 is 19.5. The topological polar surface area (TPSA) is 29.5 Å². The summed E-state index contributed by atoms with van der Waals surface area (Å²) in [6, 6.07) is 7.48. The van der Waals surface area contributed by atoms with E-state index in [4.69, 9.17) is 27.9 Å². The van der Waals surface area contributed by atoms with Crippen molar-refractivity contribution in [2.75, 3.05) is 0 Å². The van der Waals surface area contributed by atoms with Crippen LogP contribution >= 0.6 is 39.1 Å². The van der Waals surface area contributed by atoms with Crippen molar-refractivity contribution < 1.29 is 14.2 Å². The van der Waals surface area contributed by atoms with E-state index in [1.165, 1.54) is 12.1 Å². The third kappa shape index (κ3) is 3.44. The Balaban J connectivity index is 2.33. The first-order valence-electron chi connectivity index (χ1n) is 5.68. The quantitative estimate of drug-likeness (QED) is 0.689. The van der Waals surface area contributed by atoms with Crippen molar-refractivity contribution in [1.29, 1.82) is 0 Å². The number of rotatable bonds is 3. The van der Waals surface area contributed by atoms with Gasteiger partial charge in [-0.25, -0.2) is 4.39 Å². The van der Waals surface area contributed by atoms with Crippen molar-refractivity contribution in [1.82, 2.24) is 0 Å². The van der Waals surface area contributed by atoms with Gasteiger partial charge >= 0.3 is 0 Å². The van der Waals surface area contributed by atoms with Gasteiger partial charge in [-0.15, -0.1) is 0 Å². The highest BCUT2D eigenvalue weighted by Crippen LogP contribution is 2.37. The molecular weight excluding hydrogens is 370 g/mol. The second-order valence-electron chi connectivity index (χ2n) is 4.16. The lowest BCUT2D eigenvalue weighted by Crippen LogP contribution is -1.93. The molecule has 0 bridgehead atoms. The molecule has 0 aliphatic rings. The monoisotopic (exact) mass is 378 g/mol. The molecule has 0 spiro atoms. The minimum atomic E-state index is -0.624. The maximum atomic E-state index is 13.4. The highest BCUT2D eigenvalue weighted by molar-refractivity contribution is 9.10. The second kappa shape index (κ2) is 6.31. The van der Waals surface area contributed by atoms with Gasteiger partial charge in [-0.1, -0.05) is 29.3 Å². The molecule has 2 aromatic carbocycles. The van der Waals surface area contributed by atoms with Crippen LogP contribution in [0.2, 0.25) is 10.0 Å². The van der Waals surface area contributed by atoms with Crippen molar-refractivity contribution in [2.45, 2.75) is 13.0 Å². The normalized spacial score (nSPS) is 12.3. The number of aliphatic hydroxyl groups excluding tert-OH is 1. The standard InChI is InChI=1S/C14H10BrCl2FO2/c1-7(19)8-2-3-13(11(17)4-8)20-14-6-12(18)10(16)5-9(14)15/h2-7,19H,1H3/t7-/m1/s1. The zero-order chi connectivity index (χ0) is 14.9. The van der Waals surface area contributed by atoms with Crippen LogP contribution in [-0.4, -0.2) is 5.11 Å². The Hall–Kier alpha value is -0.810. The maximum Gasteiger partial charge on any atom is 0.146 e. The fourth-order valence-corrected chi connectivity index (χ4v) is 2.51. The van der Waals surface area contributed by atoms with E-state index in [0.717, 1.165) is 0 Å². The maximum absolute atomic E-state index is 13.4. The summed E-state index contributed by atoms with van der Waals surface area (Å²) in [7, 11) is 0. The van der Waals surface area contributed by atoms with Crippen LogP contribution in [0.4, 0.5) is 4.39 Å². The molecule has 2 aromatic rings. The van der Waals surface area contributed by atoms with Crippen molar-refractivity contribution in [3.63, 3.8) is 0 Å². The first-order valence-corrected chi connectivity index (χ1v) is 7.23. The fraction of sp³-hybridized carbons (Fsp3) is 0.143. The molecule has 0 saturated heterocycles. The Morgan fingerprint density at radius 3 is 2.45 bits per heavy atom. The van der Waals surface area contributed by atoms with Crippen molar-refractivity contribution in [3.05, 3.63) is 56.2 Å². The van der Waals surface area contributed by atoms with Crippen LogP contribution in [0.3, 0.4) is 0 Å². The summed E-state index contributed by atoms with van der Waals surface area (Å²) in [5, 5.41) is 9.79. The first kappa shape index (κ1) is 15.6. The Morgan fingerprint density at radius 1 is 1.15 bits per heavy atom. The second-order valence-corrected chi connectivity index (χ2v) is 5.83. The number of halogens is 4. The average molecular weight is 380 g/mol. The third-order valence-electron chi connectivity index (χ3n) is 2.63. The van der Waals surface area contributed by atoms with Gasteiger partial charge in [0.1, 0.15) is 17.3 Å². The summed E-state index contributed by atoms with van der Waals surface area (Å²) in [6.07, 6.45) is -0.624. The average Bonchev–Trinajstić information content (AvgIpc) is 2.37. The predicted octanol–water partition coefficient (Wildman–Crippen LogP) is 5.74. The van der Waals surface area contributed by atoms with E-state index in [9.17, 15) is 9.50 Å². The number of benzene rings is 2. The van der Waals surface area contributed by atoms with Gasteiger partial charge in [0.05, 0.1) is 20.6 Å². The van der Waals surface area contributed by atoms with Gasteiger partial charge < -0.3 is 9.84 Å². The Morgan fingerprint density at radius 2 is 1.85 bits per heavy atom. The van der Waals surface area contributed by atoms with E-state index in [0.29, 0.717) is 20.8 Å².